The molecule has 7 heteroatoms. The average Bonchev–Trinajstić information content (AvgIpc) is 2.80. The molecule has 0 aromatic carbocycles. The Balaban J connectivity index is 1.85. The van der Waals surface area contributed by atoms with Gasteiger partial charge in [0.1, 0.15) is 6.04 Å². The van der Waals surface area contributed by atoms with E-state index in [4.69, 9.17) is 14.1 Å². The first-order valence-corrected chi connectivity index (χ1v) is 7.41. The van der Waals surface area contributed by atoms with Crippen molar-refractivity contribution in [2.24, 2.45) is 0 Å². The van der Waals surface area contributed by atoms with Gasteiger partial charge in [-0.05, 0) is 33.2 Å². The monoisotopic (exact) mass is 304 g/mol. The molecular formula is C15H21BN2O4. The first-order chi connectivity index (χ1) is 10.3. The van der Waals surface area contributed by atoms with Crippen LogP contribution in [-0.2, 0) is 14.1 Å². The van der Waals surface area contributed by atoms with Gasteiger partial charge in [-0.2, -0.15) is 0 Å². The number of carbonyl (C=O) groups excluding carboxylic acids is 1. The van der Waals surface area contributed by atoms with Crippen LogP contribution in [0.25, 0.3) is 0 Å². The Hall–Kier alpha value is -1.69. The molecule has 2 fully saturated rings. The minimum atomic E-state index is -0.470. The van der Waals surface area contributed by atoms with E-state index in [2.05, 4.69) is 12.3 Å². The van der Waals surface area contributed by atoms with Gasteiger partial charge < -0.3 is 19.0 Å². The van der Waals surface area contributed by atoms with Crippen LogP contribution in [0.15, 0.2) is 30.1 Å². The van der Waals surface area contributed by atoms with Crippen LogP contribution >= 0.6 is 0 Å². The van der Waals surface area contributed by atoms with Crippen molar-refractivity contribution in [1.82, 2.24) is 9.96 Å². The maximum absolute atomic E-state index is 12.3. The van der Waals surface area contributed by atoms with Crippen LogP contribution in [0.3, 0.4) is 0 Å². The molecule has 0 N–H and O–H groups in total. The molecule has 3 rings (SSSR count). The molecule has 1 atom stereocenters. The highest BCUT2D eigenvalue weighted by Gasteiger charge is 2.56. The van der Waals surface area contributed by atoms with Crippen molar-refractivity contribution >= 4 is 13.1 Å². The average molecular weight is 304 g/mol. The topological polar surface area (TPSA) is 51.2 Å². The van der Waals surface area contributed by atoms with E-state index in [1.807, 2.05) is 33.8 Å². The summed E-state index contributed by atoms with van der Waals surface area (Å²) in [6.45, 7) is 12.6. The van der Waals surface area contributed by atoms with E-state index < -0.39 is 18.3 Å². The summed E-state index contributed by atoms with van der Waals surface area (Å²) in [5.41, 5.74) is 2.62. The van der Waals surface area contributed by atoms with E-state index in [9.17, 15) is 4.79 Å². The molecule has 2 bridgehead atoms. The second-order valence-electron chi connectivity index (χ2n) is 6.75. The number of hydrogen-bond acceptors (Lipinski definition) is 4. The summed E-state index contributed by atoms with van der Waals surface area (Å²) in [5, 5.41) is 1.34. The Labute approximate surface area is 131 Å². The third kappa shape index (κ3) is 2.17. The van der Waals surface area contributed by atoms with Gasteiger partial charge >= 0.3 is 13.1 Å². The second kappa shape index (κ2) is 4.91. The van der Waals surface area contributed by atoms with Crippen molar-refractivity contribution in [3.05, 3.63) is 30.1 Å². The molecule has 3 aliphatic rings. The summed E-state index contributed by atoms with van der Waals surface area (Å²) >= 11 is 0. The molecule has 6 nitrogen and oxygen atoms in total. The fourth-order valence-corrected chi connectivity index (χ4v) is 2.82. The van der Waals surface area contributed by atoms with Gasteiger partial charge in [0.25, 0.3) is 0 Å². The Morgan fingerprint density at radius 1 is 1.41 bits per heavy atom. The fourth-order valence-electron chi connectivity index (χ4n) is 2.82. The largest absolute Gasteiger partial charge is 0.492 e. The van der Waals surface area contributed by atoms with Gasteiger partial charge in [-0.15, -0.1) is 5.06 Å². The molecule has 0 aromatic heterocycles. The Morgan fingerprint density at radius 3 is 2.64 bits per heavy atom. The second-order valence-corrected chi connectivity index (χ2v) is 6.75. The summed E-state index contributed by atoms with van der Waals surface area (Å²) in [7, 11) is -0.470. The first kappa shape index (κ1) is 15.2. The minimum Gasteiger partial charge on any atom is -0.400 e. The zero-order chi connectivity index (χ0) is 16.1. The maximum Gasteiger partial charge on any atom is 0.492 e. The van der Waals surface area contributed by atoms with E-state index in [-0.39, 0.29) is 12.1 Å². The lowest BCUT2D eigenvalue weighted by Crippen LogP contribution is -2.41. The van der Waals surface area contributed by atoms with E-state index >= 15 is 0 Å². The molecular weight excluding hydrogens is 283 g/mol. The van der Waals surface area contributed by atoms with Crippen molar-refractivity contribution in [2.45, 2.75) is 44.9 Å². The number of carbonyl (C=O) groups is 1. The number of hydroxylamine groups is 2. The molecule has 0 spiro atoms. The zero-order valence-corrected chi connectivity index (χ0v) is 13.5. The molecule has 2 amide bonds. The molecule has 0 aliphatic carbocycles. The van der Waals surface area contributed by atoms with Crippen molar-refractivity contribution in [3.8, 4) is 0 Å². The van der Waals surface area contributed by atoms with Gasteiger partial charge in [-0.25, -0.2) is 4.79 Å². The van der Waals surface area contributed by atoms with Crippen LogP contribution in [0.5, 0.6) is 0 Å². The maximum atomic E-state index is 12.3. The summed E-state index contributed by atoms with van der Waals surface area (Å²) < 4.78 is 12.2. The van der Waals surface area contributed by atoms with Gasteiger partial charge in [0.2, 0.25) is 0 Å². The molecule has 1 unspecified atom stereocenters. The molecule has 0 aromatic rings. The molecule has 22 heavy (non-hydrogen) atoms. The lowest BCUT2D eigenvalue weighted by atomic mass is 9.72. The summed E-state index contributed by atoms with van der Waals surface area (Å²) in [4.78, 5) is 19.3. The Bertz CT molecular complexity index is 564. The quantitative estimate of drug-likeness (QED) is 0.454. The van der Waals surface area contributed by atoms with Gasteiger partial charge in [0.05, 0.1) is 17.7 Å². The molecule has 0 saturated carbocycles. The molecule has 118 valence electrons. The summed E-state index contributed by atoms with van der Waals surface area (Å²) in [6, 6.07) is -0.389. The van der Waals surface area contributed by atoms with Crippen molar-refractivity contribution in [2.75, 3.05) is 13.1 Å². The molecule has 2 saturated heterocycles. The number of nitrogens with zero attached hydrogens (tertiary/aromatic N) is 2. The van der Waals surface area contributed by atoms with Crippen LogP contribution in [0.2, 0.25) is 0 Å². The van der Waals surface area contributed by atoms with Crippen LogP contribution in [0.4, 0.5) is 4.79 Å². The van der Waals surface area contributed by atoms with Crippen LogP contribution in [-0.4, -0.2) is 53.4 Å². The predicted molar refractivity (Wildman–Crippen MR) is 81.6 cm³/mol. The van der Waals surface area contributed by atoms with E-state index in [1.165, 1.54) is 11.3 Å². The van der Waals surface area contributed by atoms with E-state index in [1.54, 1.807) is 4.90 Å². The number of urea groups is 1. The number of amides is 2. The fraction of sp³-hybridized carbons (Fsp3) is 0.600. The van der Waals surface area contributed by atoms with Crippen molar-refractivity contribution in [3.63, 3.8) is 0 Å². The predicted octanol–water partition coefficient (Wildman–Crippen LogP) is 1.89. The van der Waals surface area contributed by atoms with Crippen LogP contribution in [0.1, 0.15) is 27.7 Å². The highest BCUT2D eigenvalue weighted by atomic mass is 16.7. The van der Waals surface area contributed by atoms with Crippen LogP contribution in [0, 0.1) is 0 Å². The van der Waals surface area contributed by atoms with E-state index in [0.717, 1.165) is 5.47 Å². The summed E-state index contributed by atoms with van der Waals surface area (Å²) in [5.74, 6) is 0. The summed E-state index contributed by atoms with van der Waals surface area (Å²) in [6.07, 6.45) is 3.27. The highest BCUT2D eigenvalue weighted by molar-refractivity contribution is 6.55. The lowest BCUT2D eigenvalue weighted by Gasteiger charge is -2.32. The number of hydrogen-bond donors (Lipinski definition) is 0. The Kier molecular flexibility index (Phi) is 3.40. The van der Waals surface area contributed by atoms with Crippen LogP contribution < -0.4 is 0 Å². The van der Waals surface area contributed by atoms with E-state index in [0.29, 0.717) is 13.1 Å². The number of fused-ring (bicyclic) bond motifs is 2. The van der Waals surface area contributed by atoms with Gasteiger partial charge in [-0.3, -0.25) is 0 Å². The molecule has 0 radical (unpaired) electrons. The number of rotatable bonds is 3. The normalized spacial score (nSPS) is 28.5. The molecule has 3 aliphatic heterocycles. The standard InChI is InChI=1S/C15H21BN2O4/c1-6-9-20-18-12-10-17(13(18)19)8-7-11(12)16-21-14(2,3)15(4,5)22-16/h7,9,12H,1,8,10H2,2-5H3. The van der Waals surface area contributed by atoms with Crippen molar-refractivity contribution in [1.29, 1.82) is 0 Å². The third-order valence-corrected chi connectivity index (χ3v) is 4.84. The van der Waals surface area contributed by atoms with Gasteiger partial charge in [0.15, 0.2) is 6.26 Å². The Morgan fingerprint density at radius 2 is 2.05 bits per heavy atom. The SMILES string of the molecule is C=C=CON1C(=O)N2CC=C(B3OC(C)(C)C(C)(C)O3)C1C2. The molecule has 3 heterocycles. The lowest BCUT2D eigenvalue weighted by molar-refractivity contribution is -0.0610. The smallest absolute Gasteiger partial charge is 0.400 e. The van der Waals surface area contributed by atoms with Crippen molar-refractivity contribution < 1.29 is 18.9 Å². The minimum absolute atomic E-state index is 0.167. The third-order valence-electron chi connectivity index (χ3n) is 4.84. The van der Waals surface area contributed by atoms with Gasteiger partial charge in [-0.1, -0.05) is 18.4 Å². The van der Waals surface area contributed by atoms with Gasteiger partial charge in [0, 0.05) is 6.54 Å². The first-order valence-electron chi connectivity index (χ1n) is 7.41. The zero-order valence-electron chi connectivity index (χ0n) is 13.5. The highest BCUT2D eigenvalue weighted by Crippen LogP contribution is 2.41.